The van der Waals surface area contributed by atoms with E-state index in [4.69, 9.17) is 0 Å². The molecule has 1 unspecified atom stereocenters. The van der Waals surface area contributed by atoms with Gasteiger partial charge in [-0.25, -0.2) is 0 Å². The Bertz CT molecular complexity index is 473. The third-order valence-corrected chi connectivity index (χ3v) is 4.92. The average Bonchev–Trinajstić information content (AvgIpc) is 2.98. The van der Waals surface area contributed by atoms with E-state index in [0.717, 1.165) is 19.5 Å². The Hall–Kier alpha value is -0.910. The van der Waals surface area contributed by atoms with Gasteiger partial charge >= 0.3 is 0 Å². The molecule has 0 saturated carbocycles. The number of likely N-dealkylation sites (tertiary alicyclic amines) is 1. The highest BCUT2D eigenvalue weighted by Crippen LogP contribution is 2.19. The Morgan fingerprint density at radius 3 is 2.71 bits per heavy atom. The van der Waals surface area contributed by atoms with E-state index >= 15 is 0 Å². The molecule has 1 N–H and O–H groups in total. The van der Waals surface area contributed by atoms with E-state index in [0.29, 0.717) is 25.6 Å². The minimum Gasteiger partial charge on any atom is -0.390 e. The summed E-state index contributed by atoms with van der Waals surface area (Å²) in [6.07, 6.45) is 1.08. The van der Waals surface area contributed by atoms with Crippen molar-refractivity contribution in [3.63, 3.8) is 0 Å². The van der Waals surface area contributed by atoms with Gasteiger partial charge in [-0.1, -0.05) is 0 Å². The molecular weight excluding hydrogens is 284 g/mol. The van der Waals surface area contributed by atoms with E-state index in [-0.39, 0.29) is 5.91 Å². The zero-order valence-electron chi connectivity index (χ0n) is 13.2. The molecule has 0 radical (unpaired) electrons. The van der Waals surface area contributed by atoms with Crippen LogP contribution in [0.25, 0.3) is 0 Å². The Balaban J connectivity index is 1.88. The highest BCUT2D eigenvalue weighted by Gasteiger charge is 2.24. The largest absolute Gasteiger partial charge is 0.390 e. The van der Waals surface area contributed by atoms with Crippen molar-refractivity contribution in [1.29, 1.82) is 0 Å². The van der Waals surface area contributed by atoms with Gasteiger partial charge in [-0.05, 0) is 39.3 Å². The van der Waals surface area contributed by atoms with Crippen LogP contribution >= 0.6 is 11.3 Å². The van der Waals surface area contributed by atoms with Gasteiger partial charge in [-0.2, -0.15) is 0 Å². The second kappa shape index (κ2) is 7.38. The number of amides is 1. The number of nitrogens with zero attached hydrogens (tertiary/aromatic N) is 2. The van der Waals surface area contributed by atoms with Crippen LogP contribution in [0, 0.1) is 6.92 Å². The predicted octanol–water partition coefficient (Wildman–Crippen LogP) is 2.25. The Morgan fingerprint density at radius 1 is 1.43 bits per heavy atom. The molecule has 0 bridgehead atoms. The summed E-state index contributed by atoms with van der Waals surface area (Å²) in [4.78, 5) is 18.3. The monoisotopic (exact) mass is 310 g/mol. The Morgan fingerprint density at radius 2 is 2.19 bits per heavy atom. The molecule has 5 heteroatoms. The maximum Gasteiger partial charge on any atom is 0.222 e. The summed E-state index contributed by atoms with van der Waals surface area (Å²) in [5.41, 5.74) is 0. The summed E-state index contributed by atoms with van der Waals surface area (Å²) in [6, 6.07) is 4.67. The molecule has 2 rings (SSSR count). The molecule has 1 aromatic heterocycles. The standard InChI is InChI=1S/C16H26N2O2S/c1-12(2)18(11-15-7-6-13(3)21-15)10-14(19)9-17-8-4-5-16(17)20/h6-7,12,14,19H,4-5,8-11H2,1-3H3. The lowest BCUT2D eigenvalue weighted by Crippen LogP contribution is -2.42. The molecule has 1 amide bonds. The molecule has 4 nitrogen and oxygen atoms in total. The van der Waals surface area contributed by atoms with Crippen molar-refractivity contribution >= 4 is 17.2 Å². The summed E-state index contributed by atoms with van der Waals surface area (Å²) in [5.74, 6) is 0.180. The van der Waals surface area contributed by atoms with E-state index < -0.39 is 6.10 Å². The van der Waals surface area contributed by atoms with Crippen LogP contribution in [-0.2, 0) is 11.3 Å². The maximum atomic E-state index is 11.6. The van der Waals surface area contributed by atoms with Crippen LogP contribution in [0.3, 0.4) is 0 Å². The highest BCUT2D eigenvalue weighted by atomic mass is 32.1. The van der Waals surface area contributed by atoms with Crippen molar-refractivity contribution in [2.45, 2.75) is 52.3 Å². The van der Waals surface area contributed by atoms with Gasteiger partial charge in [0.05, 0.1) is 6.10 Å². The lowest BCUT2D eigenvalue weighted by molar-refractivity contribution is -0.129. The topological polar surface area (TPSA) is 43.8 Å². The minimum atomic E-state index is -0.476. The Kier molecular flexibility index (Phi) is 5.79. The number of aryl methyl sites for hydroxylation is 1. The van der Waals surface area contributed by atoms with E-state index in [1.54, 1.807) is 16.2 Å². The Labute approximate surface area is 131 Å². The van der Waals surface area contributed by atoms with Gasteiger partial charge < -0.3 is 10.0 Å². The number of hydrogen-bond acceptors (Lipinski definition) is 4. The molecule has 1 fully saturated rings. The van der Waals surface area contributed by atoms with Gasteiger partial charge in [0.25, 0.3) is 0 Å². The maximum absolute atomic E-state index is 11.6. The fourth-order valence-corrected chi connectivity index (χ4v) is 3.62. The summed E-state index contributed by atoms with van der Waals surface area (Å²) in [5, 5.41) is 10.3. The zero-order valence-corrected chi connectivity index (χ0v) is 14.0. The van der Waals surface area contributed by atoms with Gasteiger partial charge in [0.2, 0.25) is 5.91 Å². The van der Waals surface area contributed by atoms with Crippen LogP contribution in [0.5, 0.6) is 0 Å². The fourth-order valence-electron chi connectivity index (χ4n) is 2.71. The first kappa shape index (κ1) is 16.5. The molecule has 2 heterocycles. The van der Waals surface area contributed by atoms with Gasteiger partial charge in [-0.3, -0.25) is 9.69 Å². The molecule has 0 aliphatic carbocycles. The third kappa shape index (κ3) is 4.80. The van der Waals surface area contributed by atoms with Crippen molar-refractivity contribution in [2.75, 3.05) is 19.6 Å². The van der Waals surface area contributed by atoms with Crippen LogP contribution in [0.15, 0.2) is 12.1 Å². The molecular formula is C16H26N2O2S. The molecule has 0 aromatic carbocycles. The first-order chi connectivity index (χ1) is 9.95. The van der Waals surface area contributed by atoms with Crippen molar-refractivity contribution in [1.82, 2.24) is 9.80 Å². The van der Waals surface area contributed by atoms with E-state index in [2.05, 4.69) is 37.8 Å². The molecule has 118 valence electrons. The van der Waals surface area contributed by atoms with Crippen LogP contribution in [0.1, 0.15) is 36.4 Å². The first-order valence-electron chi connectivity index (χ1n) is 7.71. The number of aliphatic hydroxyl groups excluding tert-OH is 1. The predicted molar refractivity (Wildman–Crippen MR) is 86.4 cm³/mol. The van der Waals surface area contributed by atoms with E-state index in [9.17, 15) is 9.90 Å². The van der Waals surface area contributed by atoms with Gasteiger partial charge in [0, 0.05) is 48.4 Å². The molecule has 21 heavy (non-hydrogen) atoms. The van der Waals surface area contributed by atoms with E-state index in [1.807, 2.05) is 0 Å². The lowest BCUT2D eigenvalue weighted by Gasteiger charge is -2.30. The fraction of sp³-hybridized carbons (Fsp3) is 0.688. The SMILES string of the molecule is Cc1ccc(CN(CC(O)CN2CCCC2=O)C(C)C)s1. The summed E-state index contributed by atoms with van der Waals surface area (Å²) < 4.78 is 0. The van der Waals surface area contributed by atoms with Gasteiger partial charge in [0.1, 0.15) is 0 Å². The number of rotatable bonds is 7. The molecule has 0 spiro atoms. The minimum absolute atomic E-state index is 0.180. The quantitative estimate of drug-likeness (QED) is 0.840. The van der Waals surface area contributed by atoms with Crippen molar-refractivity contribution in [2.24, 2.45) is 0 Å². The van der Waals surface area contributed by atoms with Crippen LogP contribution < -0.4 is 0 Å². The second-order valence-corrected chi connectivity index (χ2v) is 7.51. The summed E-state index contributed by atoms with van der Waals surface area (Å²) in [7, 11) is 0. The second-order valence-electron chi connectivity index (χ2n) is 6.13. The molecule has 1 atom stereocenters. The molecule has 1 aliphatic rings. The summed E-state index contributed by atoms with van der Waals surface area (Å²) >= 11 is 1.81. The van der Waals surface area contributed by atoms with Gasteiger partial charge in [-0.15, -0.1) is 11.3 Å². The van der Waals surface area contributed by atoms with Crippen molar-refractivity contribution in [3.8, 4) is 0 Å². The van der Waals surface area contributed by atoms with Gasteiger partial charge in [0.15, 0.2) is 0 Å². The number of β-amino-alcohol motifs (C(OH)–C–C–N with tert-alkyl or cyclic N) is 1. The lowest BCUT2D eigenvalue weighted by atomic mass is 10.2. The summed E-state index contributed by atoms with van der Waals surface area (Å²) in [6.45, 7) is 9.14. The molecule has 1 saturated heterocycles. The normalized spacial score (nSPS) is 17.2. The number of hydrogen-bond donors (Lipinski definition) is 1. The number of carbonyl (C=O) groups is 1. The zero-order chi connectivity index (χ0) is 15.4. The first-order valence-corrected chi connectivity index (χ1v) is 8.52. The molecule has 1 aromatic rings. The third-order valence-electron chi connectivity index (χ3n) is 3.93. The van der Waals surface area contributed by atoms with Crippen LogP contribution in [0.4, 0.5) is 0 Å². The highest BCUT2D eigenvalue weighted by molar-refractivity contribution is 7.11. The van der Waals surface area contributed by atoms with Crippen molar-refractivity contribution in [3.05, 3.63) is 21.9 Å². The number of aliphatic hydroxyl groups is 1. The number of carbonyl (C=O) groups excluding carboxylic acids is 1. The molecule has 1 aliphatic heterocycles. The van der Waals surface area contributed by atoms with E-state index in [1.165, 1.54) is 9.75 Å². The number of thiophene rings is 1. The van der Waals surface area contributed by atoms with Crippen LogP contribution in [-0.4, -0.2) is 52.6 Å². The smallest absolute Gasteiger partial charge is 0.222 e. The average molecular weight is 310 g/mol. The van der Waals surface area contributed by atoms with Crippen LogP contribution in [0.2, 0.25) is 0 Å². The van der Waals surface area contributed by atoms with Crippen molar-refractivity contribution < 1.29 is 9.90 Å².